The van der Waals surface area contributed by atoms with E-state index in [-0.39, 0.29) is 0 Å². The summed E-state index contributed by atoms with van der Waals surface area (Å²) in [6, 6.07) is 25.9. The Morgan fingerprint density at radius 3 is 2.40 bits per heavy atom. The fraction of sp³-hybridized carbons (Fsp3) is 0.0500. The van der Waals surface area contributed by atoms with E-state index in [4.69, 9.17) is 0 Å². The highest BCUT2D eigenvalue weighted by molar-refractivity contribution is 6.04. The van der Waals surface area contributed by atoms with Gasteiger partial charge in [0.2, 0.25) is 0 Å². The highest BCUT2D eigenvalue weighted by Gasteiger charge is 2.12. The summed E-state index contributed by atoms with van der Waals surface area (Å²) in [7, 11) is 0. The second kappa shape index (κ2) is 6.57. The van der Waals surface area contributed by atoms with Crippen molar-refractivity contribution in [2.45, 2.75) is 6.92 Å². The van der Waals surface area contributed by atoms with Crippen LogP contribution in [0.25, 0.3) is 11.0 Å². The van der Waals surface area contributed by atoms with Crippen LogP contribution in [0.5, 0.6) is 0 Å². The van der Waals surface area contributed by atoms with E-state index in [2.05, 4.69) is 39.9 Å². The number of nitrogens with zero attached hydrogens (tertiary/aromatic N) is 4. The van der Waals surface area contributed by atoms with Crippen LogP contribution in [0.3, 0.4) is 0 Å². The van der Waals surface area contributed by atoms with Crippen LogP contribution in [0, 0.1) is 6.92 Å². The number of hydrogen-bond acceptors (Lipinski definition) is 4. The summed E-state index contributed by atoms with van der Waals surface area (Å²) < 4.78 is 1.76. The van der Waals surface area contributed by atoms with E-state index in [1.165, 1.54) is 5.56 Å². The number of aryl methyl sites for hydroxylation is 1. The van der Waals surface area contributed by atoms with Gasteiger partial charge in [-0.3, -0.25) is 5.43 Å². The zero-order chi connectivity index (χ0) is 17.1. The Balaban J connectivity index is 1.82. The first-order chi connectivity index (χ1) is 12.3. The number of hydrogen-bond donors (Lipinski definition) is 1. The van der Waals surface area contributed by atoms with Gasteiger partial charge < -0.3 is 0 Å². The van der Waals surface area contributed by atoms with Gasteiger partial charge in [0.1, 0.15) is 5.52 Å². The lowest BCUT2D eigenvalue weighted by molar-refractivity contribution is 0.859. The Hall–Kier alpha value is -3.47. The monoisotopic (exact) mass is 327 g/mol. The topological polar surface area (TPSA) is 55.1 Å². The van der Waals surface area contributed by atoms with Gasteiger partial charge in [0.15, 0.2) is 5.84 Å². The van der Waals surface area contributed by atoms with Crippen LogP contribution >= 0.6 is 0 Å². The molecule has 0 fully saturated rings. The van der Waals surface area contributed by atoms with Crippen molar-refractivity contribution in [3.05, 3.63) is 90.0 Å². The third-order valence-corrected chi connectivity index (χ3v) is 3.93. The second-order valence-corrected chi connectivity index (χ2v) is 5.77. The Morgan fingerprint density at radius 2 is 1.60 bits per heavy atom. The van der Waals surface area contributed by atoms with Crippen LogP contribution in [0.1, 0.15) is 11.1 Å². The summed E-state index contributed by atoms with van der Waals surface area (Å²) in [5.74, 6) is 0.692. The zero-order valence-electron chi connectivity index (χ0n) is 13.8. The van der Waals surface area contributed by atoms with Gasteiger partial charge in [0.05, 0.1) is 11.2 Å². The Bertz CT molecular complexity index is 1020. The Labute approximate surface area is 145 Å². The molecule has 0 aliphatic carbocycles. The Kier molecular flexibility index (Phi) is 3.96. The molecular weight excluding hydrogens is 310 g/mol. The van der Waals surface area contributed by atoms with Crippen LogP contribution in [-0.2, 0) is 0 Å². The van der Waals surface area contributed by atoms with Gasteiger partial charge in [-0.05, 0) is 31.2 Å². The number of fused-ring (bicyclic) bond motifs is 1. The molecular formula is C20H17N5. The van der Waals surface area contributed by atoms with Crippen molar-refractivity contribution >= 4 is 22.6 Å². The summed E-state index contributed by atoms with van der Waals surface area (Å²) in [6.45, 7) is 2.06. The van der Waals surface area contributed by atoms with Crippen LogP contribution in [0.15, 0.2) is 84.0 Å². The predicted molar refractivity (Wildman–Crippen MR) is 101 cm³/mol. The van der Waals surface area contributed by atoms with E-state index in [0.717, 1.165) is 22.3 Å². The SMILES string of the molecule is Cc1ccc(/C(=N\Nc2ccccc2)n2nnc3ccccc32)cc1. The maximum atomic E-state index is 4.61. The van der Waals surface area contributed by atoms with Crippen molar-refractivity contribution in [2.75, 3.05) is 5.43 Å². The van der Waals surface area contributed by atoms with Crippen LogP contribution in [-0.4, -0.2) is 20.8 Å². The molecule has 1 heterocycles. The number of hydrazone groups is 1. The van der Waals surface area contributed by atoms with E-state index in [1.807, 2.05) is 66.7 Å². The van der Waals surface area contributed by atoms with E-state index < -0.39 is 0 Å². The minimum Gasteiger partial charge on any atom is -0.276 e. The smallest absolute Gasteiger partial charge is 0.182 e. The molecule has 1 aromatic heterocycles. The molecule has 5 heteroatoms. The maximum absolute atomic E-state index is 4.61. The number of benzene rings is 3. The fourth-order valence-electron chi connectivity index (χ4n) is 2.59. The molecule has 0 saturated heterocycles. The van der Waals surface area contributed by atoms with Crippen molar-refractivity contribution in [1.82, 2.24) is 15.0 Å². The highest BCUT2D eigenvalue weighted by atomic mass is 15.5. The number of para-hydroxylation sites is 2. The molecule has 0 spiro atoms. The average Bonchev–Trinajstić information content (AvgIpc) is 3.08. The highest BCUT2D eigenvalue weighted by Crippen LogP contribution is 2.14. The van der Waals surface area contributed by atoms with Gasteiger partial charge in [-0.1, -0.05) is 65.4 Å². The lowest BCUT2D eigenvalue weighted by atomic mass is 10.1. The summed E-state index contributed by atoms with van der Waals surface area (Å²) in [4.78, 5) is 0. The number of nitrogens with one attached hydrogen (secondary N) is 1. The molecule has 5 nitrogen and oxygen atoms in total. The molecule has 4 aromatic rings. The first-order valence-corrected chi connectivity index (χ1v) is 8.08. The van der Waals surface area contributed by atoms with Crippen molar-refractivity contribution < 1.29 is 0 Å². The van der Waals surface area contributed by atoms with Gasteiger partial charge >= 0.3 is 0 Å². The lowest BCUT2D eigenvalue weighted by Crippen LogP contribution is -2.17. The maximum Gasteiger partial charge on any atom is 0.182 e. The quantitative estimate of drug-likeness (QED) is 0.351. The number of anilines is 1. The molecule has 25 heavy (non-hydrogen) atoms. The summed E-state index contributed by atoms with van der Waals surface area (Å²) in [5.41, 5.74) is 7.93. The fourth-order valence-corrected chi connectivity index (χ4v) is 2.59. The summed E-state index contributed by atoms with van der Waals surface area (Å²) in [5, 5.41) is 13.2. The van der Waals surface area contributed by atoms with Crippen LogP contribution < -0.4 is 5.43 Å². The molecule has 0 radical (unpaired) electrons. The minimum atomic E-state index is 0.692. The van der Waals surface area contributed by atoms with E-state index in [1.54, 1.807) is 4.68 Å². The molecule has 0 atom stereocenters. The number of rotatable bonds is 3. The lowest BCUT2D eigenvalue weighted by Gasteiger charge is -2.09. The standard InChI is InChI=1S/C20H17N5/c1-15-11-13-16(14-12-15)20(23-21-17-7-3-2-4-8-17)25-19-10-6-5-9-18(19)22-24-25/h2-14,21H,1H3/b23-20+. The average molecular weight is 327 g/mol. The molecule has 0 saturated carbocycles. The largest absolute Gasteiger partial charge is 0.276 e. The van der Waals surface area contributed by atoms with Gasteiger partial charge in [-0.15, -0.1) is 5.10 Å². The van der Waals surface area contributed by atoms with Crippen LogP contribution in [0.4, 0.5) is 5.69 Å². The van der Waals surface area contributed by atoms with Crippen molar-refractivity contribution in [3.63, 3.8) is 0 Å². The Morgan fingerprint density at radius 1 is 0.880 bits per heavy atom. The summed E-state index contributed by atoms with van der Waals surface area (Å²) >= 11 is 0. The van der Waals surface area contributed by atoms with Crippen LogP contribution in [0.2, 0.25) is 0 Å². The van der Waals surface area contributed by atoms with Crippen molar-refractivity contribution in [2.24, 2.45) is 5.10 Å². The van der Waals surface area contributed by atoms with Crippen molar-refractivity contribution in [1.29, 1.82) is 0 Å². The molecule has 1 N–H and O–H groups in total. The second-order valence-electron chi connectivity index (χ2n) is 5.77. The van der Waals surface area contributed by atoms with Gasteiger partial charge in [0, 0.05) is 5.56 Å². The van der Waals surface area contributed by atoms with E-state index in [0.29, 0.717) is 5.84 Å². The molecule has 0 amide bonds. The first-order valence-electron chi connectivity index (χ1n) is 8.08. The normalized spacial score (nSPS) is 11.6. The molecule has 3 aromatic carbocycles. The first kappa shape index (κ1) is 15.1. The molecule has 0 aliphatic rings. The molecule has 0 bridgehead atoms. The third kappa shape index (κ3) is 3.12. The molecule has 4 rings (SSSR count). The van der Waals surface area contributed by atoms with Gasteiger partial charge in [-0.25, -0.2) is 0 Å². The molecule has 0 aliphatic heterocycles. The van der Waals surface area contributed by atoms with E-state index in [9.17, 15) is 0 Å². The molecule has 0 unspecified atom stereocenters. The van der Waals surface area contributed by atoms with Gasteiger partial charge in [0.25, 0.3) is 0 Å². The zero-order valence-corrected chi connectivity index (χ0v) is 13.8. The van der Waals surface area contributed by atoms with Crippen molar-refractivity contribution in [3.8, 4) is 0 Å². The third-order valence-electron chi connectivity index (χ3n) is 3.93. The predicted octanol–water partition coefficient (Wildman–Crippen LogP) is 4.06. The number of aromatic nitrogens is 3. The molecule has 122 valence electrons. The minimum absolute atomic E-state index is 0.692. The van der Waals surface area contributed by atoms with Gasteiger partial charge in [-0.2, -0.15) is 9.78 Å². The van der Waals surface area contributed by atoms with E-state index >= 15 is 0 Å². The summed E-state index contributed by atoms with van der Waals surface area (Å²) in [6.07, 6.45) is 0.